The van der Waals surface area contributed by atoms with Crippen molar-refractivity contribution in [1.29, 1.82) is 0 Å². The van der Waals surface area contributed by atoms with E-state index in [0.717, 1.165) is 5.56 Å². The van der Waals surface area contributed by atoms with Crippen LogP contribution >= 0.6 is 0 Å². The van der Waals surface area contributed by atoms with Gasteiger partial charge in [-0.15, -0.1) is 0 Å². The van der Waals surface area contributed by atoms with Crippen LogP contribution in [-0.2, 0) is 33.0 Å². The smallest absolute Gasteiger partial charge is 0.243 e. The van der Waals surface area contributed by atoms with Gasteiger partial charge in [-0.25, -0.2) is 16.8 Å². The first-order valence-electron chi connectivity index (χ1n) is 9.67. The van der Waals surface area contributed by atoms with E-state index in [-0.39, 0.29) is 27.8 Å². The summed E-state index contributed by atoms with van der Waals surface area (Å²) in [5.74, 6) is 0.912. The highest BCUT2D eigenvalue weighted by Crippen LogP contribution is 2.36. The van der Waals surface area contributed by atoms with Gasteiger partial charge in [0.1, 0.15) is 13.2 Å². The first-order chi connectivity index (χ1) is 14.9. The van der Waals surface area contributed by atoms with Crippen molar-refractivity contribution in [3.63, 3.8) is 0 Å². The molecular weight excluding hydrogens is 438 g/mol. The number of sulfonamides is 1. The van der Waals surface area contributed by atoms with Crippen LogP contribution in [0.25, 0.3) is 0 Å². The normalized spacial score (nSPS) is 16.1. The lowest BCUT2D eigenvalue weighted by atomic mass is 10.1. The second-order valence-electron chi connectivity index (χ2n) is 7.33. The maximum atomic E-state index is 13.2. The fourth-order valence-electron chi connectivity index (χ4n) is 3.75. The van der Waals surface area contributed by atoms with Crippen LogP contribution in [0.5, 0.6) is 11.5 Å². The number of rotatable bonds is 4. The Kier molecular flexibility index (Phi) is 4.76. The quantitative estimate of drug-likeness (QED) is 0.598. The van der Waals surface area contributed by atoms with Crippen molar-refractivity contribution in [3.05, 3.63) is 77.9 Å². The molecule has 31 heavy (non-hydrogen) atoms. The summed E-state index contributed by atoms with van der Waals surface area (Å²) in [4.78, 5) is 0.428. The van der Waals surface area contributed by atoms with Gasteiger partial charge in [-0.3, -0.25) is 0 Å². The second-order valence-corrected chi connectivity index (χ2v) is 11.2. The highest BCUT2D eigenvalue weighted by molar-refractivity contribution is 7.91. The first kappa shape index (κ1) is 20.0. The number of hydrogen-bond acceptors (Lipinski definition) is 6. The topological polar surface area (TPSA) is 90.0 Å². The molecule has 2 aliphatic heterocycles. The summed E-state index contributed by atoms with van der Waals surface area (Å²) in [7, 11) is -7.47. The Bertz CT molecular complexity index is 1370. The van der Waals surface area contributed by atoms with E-state index >= 15 is 0 Å². The minimum absolute atomic E-state index is 0.100. The van der Waals surface area contributed by atoms with Crippen molar-refractivity contribution in [1.82, 2.24) is 4.31 Å². The van der Waals surface area contributed by atoms with Gasteiger partial charge in [-0.2, -0.15) is 4.31 Å². The summed E-state index contributed by atoms with van der Waals surface area (Å²) in [5, 5.41) is 0. The molecule has 0 fully saturated rings. The molecule has 3 aromatic rings. The van der Waals surface area contributed by atoms with Crippen LogP contribution < -0.4 is 9.47 Å². The van der Waals surface area contributed by atoms with Crippen LogP contribution in [0.3, 0.4) is 0 Å². The van der Waals surface area contributed by atoms with Gasteiger partial charge in [-0.1, -0.05) is 24.3 Å². The molecule has 2 aliphatic rings. The predicted octanol–water partition coefficient (Wildman–Crippen LogP) is 3.00. The Morgan fingerprint density at radius 2 is 1.29 bits per heavy atom. The molecule has 3 aromatic carbocycles. The third-order valence-corrected chi connectivity index (χ3v) is 8.94. The van der Waals surface area contributed by atoms with E-state index in [2.05, 4.69) is 0 Å². The number of hydrogen-bond donors (Lipinski definition) is 0. The monoisotopic (exact) mass is 457 g/mol. The predicted molar refractivity (Wildman–Crippen MR) is 112 cm³/mol. The number of benzene rings is 3. The minimum Gasteiger partial charge on any atom is -0.486 e. The molecular formula is C22H19NO6S2. The molecule has 2 heterocycles. The van der Waals surface area contributed by atoms with E-state index in [1.54, 1.807) is 48.5 Å². The Hall–Kier alpha value is -2.88. The molecule has 9 heteroatoms. The van der Waals surface area contributed by atoms with Crippen LogP contribution in [0.1, 0.15) is 11.1 Å². The van der Waals surface area contributed by atoms with Gasteiger partial charge in [0.25, 0.3) is 0 Å². The van der Waals surface area contributed by atoms with Crippen molar-refractivity contribution in [2.75, 3.05) is 13.2 Å². The molecule has 5 rings (SSSR count). The van der Waals surface area contributed by atoms with Gasteiger partial charge >= 0.3 is 0 Å². The molecule has 7 nitrogen and oxygen atoms in total. The molecule has 0 aromatic heterocycles. The summed E-state index contributed by atoms with van der Waals surface area (Å²) in [5.41, 5.74) is 1.47. The van der Waals surface area contributed by atoms with Crippen molar-refractivity contribution in [2.45, 2.75) is 27.8 Å². The average Bonchev–Trinajstić information content (AvgIpc) is 3.24. The third kappa shape index (κ3) is 3.48. The summed E-state index contributed by atoms with van der Waals surface area (Å²) >= 11 is 0. The zero-order chi connectivity index (χ0) is 21.6. The largest absolute Gasteiger partial charge is 0.486 e. The van der Waals surface area contributed by atoms with Crippen LogP contribution in [-0.4, -0.2) is 34.4 Å². The number of sulfone groups is 1. The van der Waals surface area contributed by atoms with Crippen LogP contribution in [0.4, 0.5) is 0 Å². The van der Waals surface area contributed by atoms with Crippen molar-refractivity contribution in [2.24, 2.45) is 0 Å². The molecule has 0 radical (unpaired) electrons. The Morgan fingerprint density at radius 3 is 2.06 bits per heavy atom. The Labute approximate surface area is 180 Å². The number of nitrogens with zero attached hydrogens (tertiary/aromatic N) is 1. The summed E-state index contributed by atoms with van der Waals surface area (Å²) in [6.07, 6.45) is 0. The van der Waals surface area contributed by atoms with E-state index < -0.39 is 19.9 Å². The molecule has 0 saturated carbocycles. The fraction of sp³-hybridized carbons (Fsp3) is 0.182. The maximum Gasteiger partial charge on any atom is 0.243 e. The minimum atomic E-state index is -3.80. The highest BCUT2D eigenvalue weighted by Gasteiger charge is 2.32. The van der Waals surface area contributed by atoms with Gasteiger partial charge in [0, 0.05) is 19.2 Å². The standard InChI is InChI=1S/C22H19NO6S2/c24-30(25,20-8-9-21-22(13-20)29-11-10-28-21)19-7-6-16-14-23(15-17(16)12-19)31(26,27)18-4-2-1-3-5-18/h1-9,12-13H,10-11,14-15H2. The first-order valence-corrected chi connectivity index (χ1v) is 12.6. The average molecular weight is 458 g/mol. The van der Waals surface area contributed by atoms with Crippen LogP contribution in [0.2, 0.25) is 0 Å². The Morgan fingerprint density at radius 1 is 0.645 bits per heavy atom. The van der Waals surface area contributed by atoms with Gasteiger partial charge in [-0.05, 0) is 47.5 Å². The van der Waals surface area contributed by atoms with Gasteiger partial charge in [0.05, 0.1) is 14.7 Å². The lowest BCUT2D eigenvalue weighted by Gasteiger charge is -2.19. The molecule has 0 saturated heterocycles. The zero-order valence-electron chi connectivity index (χ0n) is 16.4. The second kappa shape index (κ2) is 7.37. The van der Waals surface area contributed by atoms with Crippen LogP contribution in [0.15, 0.2) is 81.4 Å². The van der Waals surface area contributed by atoms with Gasteiger partial charge < -0.3 is 9.47 Å². The summed E-state index contributed by atoms with van der Waals surface area (Å²) < 4.78 is 64.5. The number of ether oxygens (including phenoxy) is 2. The molecule has 0 aliphatic carbocycles. The summed E-state index contributed by atoms with van der Waals surface area (Å²) in [6, 6.07) is 17.5. The van der Waals surface area contributed by atoms with Crippen molar-refractivity contribution >= 4 is 19.9 Å². The highest BCUT2D eigenvalue weighted by atomic mass is 32.2. The van der Waals surface area contributed by atoms with Crippen molar-refractivity contribution in [3.8, 4) is 11.5 Å². The molecule has 0 amide bonds. The molecule has 0 atom stereocenters. The van der Waals surface area contributed by atoms with Crippen molar-refractivity contribution < 1.29 is 26.3 Å². The third-order valence-electron chi connectivity index (χ3n) is 5.39. The molecule has 0 N–H and O–H groups in total. The van der Waals surface area contributed by atoms with Gasteiger partial charge in [0.15, 0.2) is 11.5 Å². The SMILES string of the molecule is O=S(=O)(c1ccc2c(c1)CN(S(=O)(=O)c1ccccc1)C2)c1ccc2c(c1)OCCO2. The maximum absolute atomic E-state index is 13.2. The fourth-order valence-corrected chi connectivity index (χ4v) is 6.49. The van der Waals surface area contributed by atoms with Crippen LogP contribution in [0, 0.1) is 0 Å². The molecule has 0 spiro atoms. The summed E-state index contributed by atoms with van der Waals surface area (Å²) in [6.45, 7) is 1.11. The lowest BCUT2D eigenvalue weighted by Crippen LogP contribution is -2.25. The molecule has 0 bridgehead atoms. The van der Waals surface area contributed by atoms with E-state index in [9.17, 15) is 16.8 Å². The zero-order valence-corrected chi connectivity index (χ0v) is 18.0. The van der Waals surface area contributed by atoms with E-state index in [1.807, 2.05) is 0 Å². The van der Waals surface area contributed by atoms with E-state index in [4.69, 9.17) is 9.47 Å². The Balaban J connectivity index is 1.46. The number of fused-ring (bicyclic) bond motifs is 2. The van der Waals surface area contributed by atoms with Gasteiger partial charge in [0.2, 0.25) is 19.9 Å². The van der Waals surface area contributed by atoms with E-state index in [0.29, 0.717) is 30.3 Å². The molecule has 160 valence electrons. The molecule has 0 unspecified atom stereocenters. The lowest BCUT2D eigenvalue weighted by molar-refractivity contribution is 0.171. The van der Waals surface area contributed by atoms with E-state index in [1.165, 1.54) is 22.5 Å².